The highest BCUT2D eigenvalue weighted by molar-refractivity contribution is 14.0. The number of hydrogen-bond donors (Lipinski definition) is 2. The van der Waals surface area contributed by atoms with Gasteiger partial charge in [0.15, 0.2) is 11.7 Å². The van der Waals surface area contributed by atoms with E-state index in [2.05, 4.69) is 32.6 Å². The fourth-order valence-electron chi connectivity index (χ4n) is 2.12. The summed E-state index contributed by atoms with van der Waals surface area (Å²) in [7, 11) is 1.61. The lowest BCUT2D eigenvalue weighted by atomic mass is 10.1. The van der Waals surface area contributed by atoms with E-state index in [0.29, 0.717) is 23.8 Å². The molecule has 2 N–H and O–H groups in total. The molecule has 0 aliphatic carbocycles. The van der Waals surface area contributed by atoms with Gasteiger partial charge in [-0.3, -0.25) is 4.99 Å². The highest BCUT2D eigenvalue weighted by Gasteiger charge is 2.30. The Bertz CT molecular complexity index is 851. The van der Waals surface area contributed by atoms with Crippen LogP contribution in [0.25, 0.3) is 0 Å². The van der Waals surface area contributed by atoms with E-state index < -0.39 is 11.7 Å². The first-order chi connectivity index (χ1) is 12.8. The minimum Gasteiger partial charge on any atom is -0.359 e. The zero-order valence-electron chi connectivity index (χ0n) is 15.7. The Morgan fingerprint density at radius 3 is 2.61 bits per heavy atom. The van der Waals surface area contributed by atoms with E-state index >= 15 is 0 Å². The van der Waals surface area contributed by atoms with Gasteiger partial charge in [0.2, 0.25) is 0 Å². The van der Waals surface area contributed by atoms with E-state index in [4.69, 9.17) is 4.52 Å². The minimum absolute atomic E-state index is 0. The van der Waals surface area contributed by atoms with E-state index in [0.717, 1.165) is 17.8 Å². The predicted octanol–water partition coefficient (Wildman–Crippen LogP) is 4.15. The zero-order valence-corrected chi connectivity index (χ0v) is 18.1. The SMILES string of the molecule is CN=C(NCC#Cc1cccc(C(F)(F)F)c1)NCc1cc(C(C)C)no1.I. The van der Waals surface area contributed by atoms with E-state index in [1.54, 1.807) is 7.05 Å². The summed E-state index contributed by atoms with van der Waals surface area (Å²) in [5.41, 5.74) is 0.465. The van der Waals surface area contributed by atoms with E-state index in [9.17, 15) is 13.2 Å². The molecule has 0 atom stereocenters. The van der Waals surface area contributed by atoms with Crippen molar-refractivity contribution in [2.45, 2.75) is 32.5 Å². The number of aliphatic imine (C=N–C) groups is 1. The minimum atomic E-state index is -4.38. The molecule has 0 amide bonds. The summed E-state index contributed by atoms with van der Waals surface area (Å²) in [6.07, 6.45) is -4.38. The molecule has 0 saturated heterocycles. The second-order valence-electron chi connectivity index (χ2n) is 6.03. The second-order valence-corrected chi connectivity index (χ2v) is 6.03. The maximum atomic E-state index is 12.7. The Morgan fingerprint density at radius 1 is 1.25 bits per heavy atom. The molecule has 0 spiro atoms. The van der Waals surface area contributed by atoms with Gasteiger partial charge >= 0.3 is 6.18 Å². The van der Waals surface area contributed by atoms with Crippen LogP contribution in [0.15, 0.2) is 39.8 Å². The topological polar surface area (TPSA) is 62.5 Å². The van der Waals surface area contributed by atoms with Crippen LogP contribution in [0.4, 0.5) is 13.2 Å². The number of alkyl halides is 3. The number of benzene rings is 1. The predicted molar refractivity (Wildman–Crippen MR) is 113 cm³/mol. The number of hydrogen-bond acceptors (Lipinski definition) is 3. The summed E-state index contributed by atoms with van der Waals surface area (Å²) in [6.45, 7) is 4.68. The van der Waals surface area contributed by atoms with Crippen molar-refractivity contribution in [1.29, 1.82) is 0 Å². The molecule has 0 unspecified atom stereocenters. The van der Waals surface area contributed by atoms with Gasteiger partial charge in [-0.25, -0.2) is 0 Å². The highest BCUT2D eigenvalue weighted by Crippen LogP contribution is 2.29. The Kier molecular flexibility index (Phi) is 9.31. The van der Waals surface area contributed by atoms with Crippen molar-refractivity contribution in [2.75, 3.05) is 13.6 Å². The van der Waals surface area contributed by atoms with Crippen LogP contribution in [-0.4, -0.2) is 24.7 Å². The van der Waals surface area contributed by atoms with Gasteiger partial charge in [0.25, 0.3) is 0 Å². The van der Waals surface area contributed by atoms with Crippen LogP contribution in [0.3, 0.4) is 0 Å². The maximum absolute atomic E-state index is 12.7. The maximum Gasteiger partial charge on any atom is 0.416 e. The second kappa shape index (κ2) is 10.9. The summed E-state index contributed by atoms with van der Waals surface area (Å²) in [4.78, 5) is 4.05. The van der Waals surface area contributed by atoms with E-state index in [1.165, 1.54) is 12.1 Å². The number of nitrogens with one attached hydrogen (secondary N) is 2. The Labute approximate surface area is 179 Å². The molecule has 5 nitrogen and oxygen atoms in total. The van der Waals surface area contributed by atoms with Crippen LogP contribution in [0.2, 0.25) is 0 Å². The summed E-state index contributed by atoms with van der Waals surface area (Å²) in [5, 5.41) is 9.99. The van der Waals surface area contributed by atoms with Crippen molar-refractivity contribution >= 4 is 29.9 Å². The molecule has 1 aromatic carbocycles. The van der Waals surface area contributed by atoms with E-state index in [-0.39, 0.29) is 36.4 Å². The van der Waals surface area contributed by atoms with Crippen molar-refractivity contribution in [2.24, 2.45) is 4.99 Å². The number of guanidine groups is 1. The summed E-state index contributed by atoms with van der Waals surface area (Å²) < 4.78 is 43.3. The largest absolute Gasteiger partial charge is 0.416 e. The molecule has 28 heavy (non-hydrogen) atoms. The van der Waals surface area contributed by atoms with Crippen molar-refractivity contribution in [1.82, 2.24) is 15.8 Å². The van der Waals surface area contributed by atoms with Crippen LogP contribution in [0.1, 0.15) is 42.3 Å². The lowest BCUT2D eigenvalue weighted by Gasteiger charge is -2.08. The first kappa shape index (κ1) is 23.8. The summed E-state index contributed by atoms with van der Waals surface area (Å²) in [5.74, 6) is 6.94. The average molecular weight is 506 g/mol. The van der Waals surface area contributed by atoms with Gasteiger partial charge in [-0.1, -0.05) is 36.9 Å². The molecule has 152 valence electrons. The third kappa shape index (κ3) is 7.42. The molecule has 0 fully saturated rings. The Morgan fingerprint density at radius 2 is 2.00 bits per heavy atom. The van der Waals surface area contributed by atoms with Gasteiger partial charge in [0, 0.05) is 18.7 Å². The average Bonchev–Trinajstić information content (AvgIpc) is 3.10. The van der Waals surface area contributed by atoms with Gasteiger partial charge in [0.05, 0.1) is 24.3 Å². The number of aromatic nitrogens is 1. The van der Waals surface area contributed by atoms with Crippen molar-refractivity contribution in [3.63, 3.8) is 0 Å². The van der Waals surface area contributed by atoms with Crippen LogP contribution >= 0.6 is 24.0 Å². The van der Waals surface area contributed by atoms with Crippen molar-refractivity contribution < 1.29 is 17.7 Å². The van der Waals surface area contributed by atoms with Crippen LogP contribution < -0.4 is 10.6 Å². The lowest BCUT2D eigenvalue weighted by molar-refractivity contribution is -0.137. The monoisotopic (exact) mass is 506 g/mol. The molecule has 2 rings (SSSR count). The van der Waals surface area contributed by atoms with Crippen molar-refractivity contribution in [3.8, 4) is 11.8 Å². The van der Waals surface area contributed by atoms with Crippen molar-refractivity contribution in [3.05, 3.63) is 52.9 Å². The standard InChI is InChI=1S/C19H21F3N4O.HI/c1-13(2)17-11-16(27-26-17)12-25-18(23-3)24-9-5-7-14-6-4-8-15(10-14)19(20,21)22;/h4,6,8,10-11,13H,9,12H2,1-3H3,(H2,23,24,25);1H. The normalized spacial score (nSPS) is 11.5. The molecule has 2 aromatic rings. The number of halogens is 4. The Balaban J connectivity index is 0.00000392. The van der Waals surface area contributed by atoms with Gasteiger partial charge in [-0.05, 0) is 24.1 Å². The third-order valence-electron chi connectivity index (χ3n) is 3.59. The molecule has 0 radical (unpaired) electrons. The van der Waals surface area contributed by atoms with Gasteiger partial charge in [-0.2, -0.15) is 13.2 Å². The summed E-state index contributed by atoms with van der Waals surface area (Å²) >= 11 is 0. The summed E-state index contributed by atoms with van der Waals surface area (Å²) in [6, 6.07) is 6.78. The van der Waals surface area contributed by atoms with Gasteiger partial charge in [0.1, 0.15) is 0 Å². The highest BCUT2D eigenvalue weighted by atomic mass is 127. The molecule has 0 aliphatic rings. The smallest absolute Gasteiger partial charge is 0.359 e. The molecule has 0 saturated carbocycles. The fraction of sp³-hybridized carbons (Fsp3) is 0.368. The van der Waals surface area contributed by atoms with Crippen LogP contribution in [-0.2, 0) is 12.7 Å². The van der Waals surface area contributed by atoms with Crippen LogP contribution in [0.5, 0.6) is 0 Å². The Hall–Kier alpha value is -2.22. The lowest BCUT2D eigenvalue weighted by Crippen LogP contribution is -2.36. The van der Waals surface area contributed by atoms with E-state index in [1.807, 2.05) is 19.9 Å². The molecule has 0 bridgehead atoms. The zero-order chi connectivity index (χ0) is 19.9. The quantitative estimate of drug-likeness (QED) is 0.283. The first-order valence-corrected chi connectivity index (χ1v) is 8.35. The van der Waals surface area contributed by atoms with Gasteiger partial charge in [-0.15, -0.1) is 24.0 Å². The first-order valence-electron chi connectivity index (χ1n) is 8.35. The molecule has 1 heterocycles. The fourth-order valence-corrected chi connectivity index (χ4v) is 2.12. The molecule has 9 heteroatoms. The van der Waals surface area contributed by atoms with Crippen LogP contribution in [0, 0.1) is 11.8 Å². The molecular weight excluding hydrogens is 484 g/mol. The molecular formula is C19H22F3IN4O. The van der Waals surface area contributed by atoms with Gasteiger partial charge < -0.3 is 15.2 Å². The number of rotatable bonds is 4. The molecule has 1 aromatic heterocycles. The number of nitrogens with zero attached hydrogens (tertiary/aromatic N) is 2. The third-order valence-corrected chi connectivity index (χ3v) is 3.59. The molecule has 0 aliphatic heterocycles.